The number of hydrogen-bond donors (Lipinski definition) is 5. The van der Waals surface area contributed by atoms with E-state index in [4.69, 9.17) is 15.9 Å². The van der Waals surface area contributed by atoms with Crippen molar-refractivity contribution in [2.75, 3.05) is 12.3 Å². The molecule has 2 amide bonds. The summed E-state index contributed by atoms with van der Waals surface area (Å²) in [6, 6.07) is -2.13. The van der Waals surface area contributed by atoms with Gasteiger partial charge in [-0.05, 0) is 20.3 Å². The fourth-order valence-electron chi connectivity index (χ4n) is 1.50. The highest BCUT2D eigenvalue weighted by Gasteiger charge is 2.25. The fraction of sp³-hybridized carbons (Fsp3) is 0.600. The summed E-state index contributed by atoms with van der Waals surface area (Å²) in [5.41, 5.74) is 5.33. The first-order valence-corrected chi connectivity index (χ1v) is 8.52. The molecule has 0 bridgehead atoms. The first kappa shape index (κ1) is 22.9. The molecule has 0 radical (unpaired) electrons. The highest BCUT2D eigenvalue weighted by molar-refractivity contribution is 8.00. The summed E-state index contributed by atoms with van der Waals surface area (Å²) in [5.74, 6) is -3.40. The van der Waals surface area contributed by atoms with Crippen LogP contribution in [0.15, 0.2) is 12.7 Å². The summed E-state index contributed by atoms with van der Waals surface area (Å²) in [4.78, 5) is 45.2. The van der Waals surface area contributed by atoms with Crippen molar-refractivity contribution < 1.29 is 29.4 Å². The van der Waals surface area contributed by atoms with Crippen molar-refractivity contribution >= 4 is 35.5 Å². The van der Waals surface area contributed by atoms with Crippen LogP contribution in [0.4, 0.5) is 0 Å². The Hall–Kier alpha value is -2.07. The lowest BCUT2D eigenvalue weighted by atomic mass is 10.1. The van der Waals surface area contributed by atoms with Crippen LogP contribution in [0, 0.1) is 0 Å². The number of nitrogens with one attached hydrogen (secondary N) is 2. The Kier molecular flexibility index (Phi) is 9.84. The van der Waals surface area contributed by atoms with Crippen LogP contribution in [-0.2, 0) is 19.2 Å². The van der Waals surface area contributed by atoms with E-state index in [1.165, 1.54) is 11.8 Å². The lowest BCUT2D eigenvalue weighted by molar-refractivity contribution is -0.139. The maximum Gasteiger partial charge on any atom is 0.322 e. The zero-order valence-corrected chi connectivity index (χ0v) is 15.1. The topological polar surface area (TPSA) is 159 Å². The fourth-order valence-corrected chi connectivity index (χ4v) is 2.45. The van der Waals surface area contributed by atoms with Crippen LogP contribution >= 0.6 is 11.8 Å². The summed E-state index contributed by atoms with van der Waals surface area (Å²) < 4.78 is -0.346. The van der Waals surface area contributed by atoms with E-state index in [2.05, 4.69) is 17.2 Å². The molecule has 2 atom stereocenters. The number of carboxylic acid groups (broad SMARTS) is 2. The average molecular weight is 375 g/mol. The molecular weight excluding hydrogens is 350 g/mol. The van der Waals surface area contributed by atoms with Crippen LogP contribution < -0.4 is 16.4 Å². The van der Waals surface area contributed by atoms with Gasteiger partial charge in [0, 0.05) is 16.9 Å². The van der Waals surface area contributed by atoms with E-state index in [0.717, 1.165) is 0 Å². The summed E-state index contributed by atoms with van der Waals surface area (Å²) in [6.45, 7) is 6.88. The van der Waals surface area contributed by atoms with E-state index in [0.29, 0.717) is 0 Å². The van der Waals surface area contributed by atoms with Crippen LogP contribution in [-0.4, -0.2) is 63.1 Å². The highest BCUT2D eigenvalue weighted by Crippen LogP contribution is 2.25. The van der Waals surface area contributed by atoms with Crippen molar-refractivity contribution in [3.63, 3.8) is 0 Å². The molecule has 10 heteroatoms. The van der Waals surface area contributed by atoms with Gasteiger partial charge in [0.25, 0.3) is 0 Å². The normalized spacial score (nSPS) is 13.4. The van der Waals surface area contributed by atoms with E-state index < -0.39 is 42.4 Å². The van der Waals surface area contributed by atoms with Gasteiger partial charge in [-0.15, -0.1) is 18.3 Å². The van der Waals surface area contributed by atoms with Crippen LogP contribution in [0.5, 0.6) is 0 Å². The van der Waals surface area contributed by atoms with Crippen molar-refractivity contribution in [1.29, 1.82) is 0 Å². The molecule has 0 saturated heterocycles. The minimum absolute atomic E-state index is 0.0735. The van der Waals surface area contributed by atoms with Crippen molar-refractivity contribution in [1.82, 2.24) is 10.6 Å². The third-order valence-corrected chi connectivity index (χ3v) is 4.59. The monoisotopic (exact) mass is 375 g/mol. The smallest absolute Gasteiger partial charge is 0.322 e. The molecule has 0 aromatic rings. The Labute approximate surface area is 150 Å². The number of amides is 2. The summed E-state index contributed by atoms with van der Waals surface area (Å²) in [5, 5.41) is 22.0. The number of rotatable bonds is 12. The average Bonchev–Trinajstić information content (AvgIpc) is 2.53. The van der Waals surface area contributed by atoms with Crippen LogP contribution in [0.25, 0.3) is 0 Å². The van der Waals surface area contributed by atoms with E-state index in [-0.39, 0.29) is 23.3 Å². The molecule has 142 valence electrons. The van der Waals surface area contributed by atoms with Gasteiger partial charge in [0.15, 0.2) is 0 Å². The van der Waals surface area contributed by atoms with Gasteiger partial charge in [0.2, 0.25) is 11.8 Å². The summed E-state index contributed by atoms with van der Waals surface area (Å²) in [7, 11) is 0. The second kappa shape index (κ2) is 10.7. The number of aliphatic carboxylic acids is 2. The van der Waals surface area contributed by atoms with Gasteiger partial charge in [-0.2, -0.15) is 0 Å². The number of thioether (sulfide) groups is 1. The van der Waals surface area contributed by atoms with Gasteiger partial charge in [-0.25, -0.2) is 0 Å². The van der Waals surface area contributed by atoms with Crippen LogP contribution in [0.1, 0.15) is 26.7 Å². The van der Waals surface area contributed by atoms with E-state index in [1.807, 2.05) is 13.8 Å². The minimum Gasteiger partial charge on any atom is -0.480 e. The molecule has 0 rings (SSSR count). The second-order valence-corrected chi connectivity index (χ2v) is 7.51. The van der Waals surface area contributed by atoms with Crippen molar-refractivity contribution in [2.45, 2.75) is 43.5 Å². The predicted octanol–water partition coefficient (Wildman–Crippen LogP) is -0.438. The molecular formula is C15H25N3O6S. The lowest BCUT2D eigenvalue weighted by Crippen LogP contribution is -2.50. The number of carboxylic acids is 2. The number of nitrogens with two attached hydrogens (primary N) is 1. The zero-order chi connectivity index (χ0) is 19.6. The minimum atomic E-state index is -1.22. The van der Waals surface area contributed by atoms with Crippen molar-refractivity contribution in [2.24, 2.45) is 5.73 Å². The van der Waals surface area contributed by atoms with Crippen LogP contribution in [0.3, 0.4) is 0 Å². The molecule has 0 aliphatic heterocycles. The van der Waals surface area contributed by atoms with Gasteiger partial charge >= 0.3 is 11.9 Å². The SMILES string of the molecule is C=CC(C)(C)SC[C@H](NC(=O)CC[C@H](N)C(=O)O)C(=O)NCC(=O)O. The largest absolute Gasteiger partial charge is 0.480 e. The Morgan fingerprint density at radius 3 is 2.36 bits per heavy atom. The predicted molar refractivity (Wildman–Crippen MR) is 94.2 cm³/mol. The van der Waals surface area contributed by atoms with Crippen molar-refractivity contribution in [3.05, 3.63) is 12.7 Å². The maximum absolute atomic E-state index is 12.1. The third kappa shape index (κ3) is 10.4. The number of hydrogen-bond acceptors (Lipinski definition) is 6. The van der Waals surface area contributed by atoms with Gasteiger partial charge < -0.3 is 26.6 Å². The van der Waals surface area contributed by atoms with E-state index in [1.54, 1.807) is 6.08 Å². The molecule has 0 heterocycles. The van der Waals surface area contributed by atoms with Gasteiger partial charge in [-0.3, -0.25) is 19.2 Å². The molecule has 0 spiro atoms. The number of carbonyl (C=O) groups is 4. The van der Waals surface area contributed by atoms with E-state index in [9.17, 15) is 19.2 Å². The van der Waals surface area contributed by atoms with Crippen molar-refractivity contribution in [3.8, 4) is 0 Å². The first-order chi connectivity index (χ1) is 11.5. The molecule has 0 aromatic carbocycles. The highest BCUT2D eigenvalue weighted by atomic mass is 32.2. The molecule has 0 fully saturated rings. The summed E-state index contributed by atoms with van der Waals surface area (Å²) >= 11 is 1.36. The Morgan fingerprint density at radius 1 is 1.28 bits per heavy atom. The van der Waals surface area contributed by atoms with Gasteiger partial charge in [0.05, 0.1) is 0 Å². The maximum atomic E-state index is 12.1. The summed E-state index contributed by atoms with van der Waals surface area (Å²) in [6.07, 6.45) is 1.46. The molecule has 0 aromatic heterocycles. The molecule has 0 aliphatic carbocycles. The molecule has 9 nitrogen and oxygen atoms in total. The molecule has 0 unspecified atom stereocenters. The third-order valence-electron chi connectivity index (χ3n) is 3.18. The standard InChI is InChI=1S/C15H25N3O6S/c1-4-15(2,3)25-8-10(13(22)17-7-12(20)21)18-11(19)6-5-9(16)14(23)24/h4,9-10H,1,5-8,16H2,2-3H3,(H,17,22)(H,18,19)(H,20,21)(H,23,24)/t9-,10-/m0/s1. The Bertz CT molecular complexity index is 523. The Balaban J connectivity index is 4.78. The van der Waals surface area contributed by atoms with Crippen LogP contribution in [0.2, 0.25) is 0 Å². The van der Waals surface area contributed by atoms with Gasteiger partial charge in [-0.1, -0.05) is 6.08 Å². The molecule has 6 N–H and O–H groups in total. The van der Waals surface area contributed by atoms with Gasteiger partial charge in [0.1, 0.15) is 18.6 Å². The molecule has 0 aliphatic rings. The lowest BCUT2D eigenvalue weighted by Gasteiger charge is -2.24. The quantitative estimate of drug-likeness (QED) is 0.287. The van der Waals surface area contributed by atoms with E-state index >= 15 is 0 Å². The molecule has 25 heavy (non-hydrogen) atoms. The molecule has 0 saturated carbocycles. The Morgan fingerprint density at radius 2 is 1.88 bits per heavy atom. The zero-order valence-electron chi connectivity index (χ0n) is 14.3. The first-order valence-electron chi connectivity index (χ1n) is 7.53. The number of carbonyl (C=O) groups excluding carboxylic acids is 2. The second-order valence-electron chi connectivity index (χ2n) is 5.83.